The molecule has 1 amide bonds. The Balaban J connectivity index is 1.70. The highest BCUT2D eigenvalue weighted by molar-refractivity contribution is 5.77. The molecule has 2 aliphatic rings. The number of carbonyl (C=O) groups excluding carboxylic acids is 1. The maximum absolute atomic E-state index is 14.1. The molecule has 0 radical (unpaired) electrons. The molecule has 1 aromatic rings. The summed E-state index contributed by atoms with van der Waals surface area (Å²) in [5, 5.41) is 0. The highest BCUT2D eigenvalue weighted by atomic mass is 19.1. The summed E-state index contributed by atoms with van der Waals surface area (Å²) in [4.78, 5) is 20.2. The molecule has 1 aromatic heterocycles. The van der Waals surface area contributed by atoms with Gasteiger partial charge in [0.2, 0.25) is 5.91 Å². The fourth-order valence-corrected chi connectivity index (χ4v) is 4.08. The highest BCUT2D eigenvalue weighted by Gasteiger charge is 2.41. The van der Waals surface area contributed by atoms with Crippen LogP contribution in [0.25, 0.3) is 0 Å². The third-order valence-corrected chi connectivity index (χ3v) is 5.28. The minimum atomic E-state index is -0.265. The number of ether oxygens (including phenoxy) is 1. The van der Waals surface area contributed by atoms with Crippen LogP contribution in [-0.4, -0.2) is 55.7 Å². The van der Waals surface area contributed by atoms with E-state index >= 15 is 0 Å². The van der Waals surface area contributed by atoms with Crippen molar-refractivity contribution in [3.05, 3.63) is 24.3 Å². The summed E-state index contributed by atoms with van der Waals surface area (Å²) in [5.41, 5.74) is 0.710. The molecule has 1 spiro atoms. The van der Waals surface area contributed by atoms with Gasteiger partial charge in [-0.2, -0.15) is 0 Å². The molecule has 2 aliphatic heterocycles. The van der Waals surface area contributed by atoms with Crippen LogP contribution >= 0.6 is 0 Å². The number of nitrogens with zero attached hydrogens (tertiary/aromatic N) is 3. The third-order valence-electron chi connectivity index (χ3n) is 5.28. The lowest BCUT2D eigenvalue weighted by Crippen LogP contribution is -2.54. The van der Waals surface area contributed by atoms with Crippen LogP contribution in [0, 0.1) is 11.2 Å². The largest absolute Gasteiger partial charge is 0.385 e. The molecule has 3 rings (SSSR count). The van der Waals surface area contributed by atoms with Gasteiger partial charge in [0.1, 0.15) is 0 Å². The van der Waals surface area contributed by atoms with Crippen molar-refractivity contribution in [2.75, 3.05) is 44.8 Å². The second kappa shape index (κ2) is 7.47. The number of carbonyl (C=O) groups is 1. The molecule has 0 saturated carbocycles. The Labute approximate surface area is 142 Å². The molecule has 2 fully saturated rings. The normalized spacial score (nSPS) is 24.7. The molecular formula is C18H26FN3O2. The maximum Gasteiger partial charge on any atom is 0.222 e. The van der Waals surface area contributed by atoms with Crippen molar-refractivity contribution in [3.63, 3.8) is 0 Å². The van der Waals surface area contributed by atoms with Crippen LogP contribution in [-0.2, 0) is 9.53 Å². The van der Waals surface area contributed by atoms with E-state index in [4.69, 9.17) is 4.74 Å². The highest BCUT2D eigenvalue weighted by Crippen LogP contribution is 2.40. The number of methoxy groups -OCH3 is 1. The van der Waals surface area contributed by atoms with Gasteiger partial charge in [-0.3, -0.25) is 9.78 Å². The molecule has 3 heterocycles. The smallest absolute Gasteiger partial charge is 0.222 e. The van der Waals surface area contributed by atoms with Crippen LogP contribution in [0.5, 0.6) is 0 Å². The summed E-state index contributed by atoms with van der Waals surface area (Å²) in [6.07, 6.45) is 7.40. The van der Waals surface area contributed by atoms with Gasteiger partial charge < -0.3 is 14.5 Å². The van der Waals surface area contributed by atoms with E-state index in [2.05, 4.69) is 9.88 Å². The van der Waals surface area contributed by atoms with Gasteiger partial charge in [-0.25, -0.2) is 4.39 Å². The molecular weight excluding hydrogens is 309 g/mol. The standard InChI is InChI=1S/C18H26FN3O2/c1-24-11-3-10-22-14-18(7-4-17(22)23)6-2-9-21(13-18)16-5-8-20-12-15(16)19/h5,8,12H,2-4,6-7,9-11,13-14H2,1H3/t18-/m0/s1. The van der Waals surface area contributed by atoms with Crippen LogP contribution in [0.2, 0.25) is 0 Å². The molecule has 0 aliphatic carbocycles. The van der Waals surface area contributed by atoms with Crippen molar-refractivity contribution in [1.29, 1.82) is 0 Å². The number of rotatable bonds is 5. The summed E-state index contributed by atoms with van der Waals surface area (Å²) in [6, 6.07) is 1.75. The first-order valence-electron chi connectivity index (χ1n) is 8.75. The Morgan fingerprint density at radius 2 is 2.25 bits per heavy atom. The quantitative estimate of drug-likeness (QED) is 0.776. The molecule has 2 saturated heterocycles. The topological polar surface area (TPSA) is 45.7 Å². The van der Waals surface area contributed by atoms with E-state index in [-0.39, 0.29) is 17.1 Å². The van der Waals surface area contributed by atoms with Crippen molar-refractivity contribution in [2.45, 2.75) is 32.1 Å². The Kier molecular flexibility index (Phi) is 5.33. The van der Waals surface area contributed by atoms with E-state index in [1.165, 1.54) is 6.20 Å². The van der Waals surface area contributed by atoms with Gasteiger partial charge >= 0.3 is 0 Å². The zero-order valence-corrected chi connectivity index (χ0v) is 14.3. The number of piperidine rings is 2. The van der Waals surface area contributed by atoms with Crippen molar-refractivity contribution >= 4 is 11.6 Å². The van der Waals surface area contributed by atoms with Gasteiger partial charge in [-0.05, 0) is 31.7 Å². The predicted octanol–water partition coefficient (Wildman–Crippen LogP) is 2.47. The number of hydrogen-bond acceptors (Lipinski definition) is 4. The molecule has 0 bridgehead atoms. The summed E-state index contributed by atoms with van der Waals surface area (Å²) in [5.74, 6) is -0.0256. The molecule has 0 unspecified atom stereocenters. The summed E-state index contributed by atoms with van der Waals surface area (Å²) >= 11 is 0. The molecule has 132 valence electrons. The number of aromatic nitrogens is 1. The molecule has 5 nitrogen and oxygen atoms in total. The lowest BCUT2D eigenvalue weighted by atomic mass is 9.73. The van der Waals surface area contributed by atoms with Gasteiger partial charge in [-0.15, -0.1) is 0 Å². The average molecular weight is 335 g/mol. The number of hydrogen-bond donors (Lipinski definition) is 0. The number of pyridine rings is 1. The maximum atomic E-state index is 14.1. The fourth-order valence-electron chi connectivity index (χ4n) is 4.08. The van der Waals surface area contributed by atoms with Crippen molar-refractivity contribution in [2.24, 2.45) is 5.41 Å². The third kappa shape index (κ3) is 3.69. The summed E-state index contributed by atoms with van der Waals surface area (Å²) in [7, 11) is 1.68. The Morgan fingerprint density at radius 3 is 3.04 bits per heavy atom. The molecule has 0 aromatic carbocycles. The zero-order chi connectivity index (χ0) is 17.0. The van der Waals surface area contributed by atoms with Crippen LogP contribution < -0.4 is 4.90 Å². The Morgan fingerprint density at radius 1 is 1.38 bits per heavy atom. The lowest BCUT2D eigenvalue weighted by Gasteiger charge is -2.49. The van der Waals surface area contributed by atoms with E-state index in [0.717, 1.165) is 51.9 Å². The lowest BCUT2D eigenvalue weighted by molar-refractivity contribution is -0.138. The second-order valence-electron chi connectivity index (χ2n) is 7.01. The Hall–Kier alpha value is -1.69. The fraction of sp³-hybridized carbons (Fsp3) is 0.667. The minimum absolute atomic E-state index is 0.0783. The van der Waals surface area contributed by atoms with Crippen LogP contribution in [0.15, 0.2) is 18.5 Å². The van der Waals surface area contributed by atoms with Crippen LogP contribution in [0.4, 0.5) is 10.1 Å². The minimum Gasteiger partial charge on any atom is -0.385 e. The van der Waals surface area contributed by atoms with Crippen LogP contribution in [0.1, 0.15) is 32.1 Å². The van der Waals surface area contributed by atoms with Gasteiger partial charge in [0.25, 0.3) is 0 Å². The number of amides is 1. The first-order valence-corrected chi connectivity index (χ1v) is 8.75. The van der Waals surface area contributed by atoms with E-state index in [1.54, 1.807) is 19.4 Å². The Bertz CT molecular complexity index is 583. The van der Waals surface area contributed by atoms with E-state index in [9.17, 15) is 9.18 Å². The average Bonchev–Trinajstić information content (AvgIpc) is 2.59. The van der Waals surface area contributed by atoms with Gasteiger partial charge in [0.15, 0.2) is 5.82 Å². The number of likely N-dealkylation sites (tertiary alicyclic amines) is 1. The van der Waals surface area contributed by atoms with E-state index in [0.29, 0.717) is 18.7 Å². The summed E-state index contributed by atoms with van der Waals surface area (Å²) < 4.78 is 19.2. The number of halogens is 1. The molecule has 6 heteroatoms. The first-order chi connectivity index (χ1) is 11.6. The van der Waals surface area contributed by atoms with Crippen molar-refractivity contribution in [3.8, 4) is 0 Å². The monoisotopic (exact) mass is 335 g/mol. The predicted molar refractivity (Wildman–Crippen MR) is 90.4 cm³/mol. The number of anilines is 1. The SMILES string of the molecule is COCCCN1C[C@@]2(CCCN(c3ccncc3F)C2)CCC1=O. The second-order valence-corrected chi connectivity index (χ2v) is 7.01. The zero-order valence-electron chi connectivity index (χ0n) is 14.3. The van der Waals surface area contributed by atoms with Crippen LogP contribution in [0.3, 0.4) is 0 Å². The van der Waals surface area contributed by atoms with Gasteiger partial charge in [-0.1, -0.05) is 0 Å². The molecule has 0 N–H and O–H groups in total. The first kappa shape index (κ1) is 17.1. The van der Waals surface area contributed by atoms with Gasteiger partial charge in [0.05, 0.1) is 11.9 Å². The van der Waals surface area contributed by atoms with Gasteiger partial charge in [0, 0.05) is 57.9 Å². The summed E-state index contributed by atoms with van der Waals surface area (Å²) in [6.45, 7) is 3.87. The molecule has 1 atom stereocenters. The van der Waals surface area contributed by atoms with E-state index < -0.39 is 0 Å². The molecule has 24 heavy (non-hydrogen) atoms. The van der Waals surface area contributed by atoms with Crippen molar-refractivity contribution < 1.29 is 13.9 Å². The van der Waals surface area contributed by atoms with E-state index in [1.807, 2.05) is 4.90 Å². The van der Waals surface area contributed by atoms with Crippen molar-refractivity contribution in [1.82, 2.24) is 9.88 Å².